The van der Waals surface area contributed by atoms with Crippen LogP contribution in [-0.2, 0) is 28.6 Å². The molecule has 27 heavy (non-hydrogen) atoms. The molecule has 1 heterocycles. The minimum atomic E-state index is -2.42. The van der Waals surface area contributed by atoms with Crippen molar-refractivity contribution in [3.63, 3.8) is 0 Å². The van der Waals surface area contributed by atoms with E-state index in [1.54, 1.807) is 0 Å². The van der Waals surface area contributed by atoms with Gasteiger partial charge in [0.25, 0.3) is 0 Å². The highest BCUT2D eigenvalue weighted by molar-refractivity contribution is 5.85. The number of hydrogen-bond acceptors (Lipinski definition) is 12. The van der Waals surface area contributed by atoms with Gasteiger partial charge >= 0.3 is 23.9 Å². The average Bonchev–Trinajstić information content (AvgIpc) is 2.60. The van der Waals surface area contributed by atoms with E-state index >= 15 is 0 Å². The highest BCUT2D eigenvalue weighted by atomic mass is 16.9. The van der Waals surface area contributed by atoms with E-state index < -0.39 is 23.9 Å². The summed E-state index contributed by atoms with van der Waals surface area (Å²) in [4.78, 5) is 46.0. The third-order valence-electron chi connectivity index (χ3n) is 2.65. The molecule has 0 atom stereocenters. The number of esters is 3. The molecule has 0 fully saturated rings. The summed E-state index contributed by atoms with van der Waals surface area (Å²) in [6.45, 7) is 9.56. The van der Waals surface area contributed by atoms with Gasteiger partial charge in [0.2, 0.25) is 17.8 Å². The van der Waals surface area contributed by atoms with Gasteiger partial charge in [-0.1, -0.05) is 19.7 Å². The third-order valence-corrected chi connectivity index (χ3v) is 2.65. The number of anilines is 3. The van der Waals surface area contributed by atoms with E-state index in [4.69, 9.17) is 25.7 Å². The second-order valence-electron chi connectivity index (χ2n) is 4.61. The summed E-state index contributed by atoms with van der Waals surface area (Å²) in [6.07, 6.45) is 2.01. The van der Waals surface area contributed by atoms with Crippen LogP contribution in [0.1, 0.15) is 6.42 Å². The lowest BCUT2D eigenvalue weighted by Crippen LogP contribution is -2.45. The standard InChI is InChI=1S/C15H18N6O6/c1-4-9(22)25-15(26-10(23)5-2,27-11(24)6-3)7-8-18-14-20-12(16)19-13(17)21-14/h4-6H,1-3,7-8H2,(H5,16,17,18,19,20,21). The van der Waals surface area contributed by atoms with Crippen molar-refractivity contribution in [1.29, 1.82) is 0 Å². The molecular weight excluding hydrogens is 360 g/mol. The van der Waals surface area contributed by atoms with Gasteiger partial charge in [-0.15, -0.1) is 0 Å². The first-order chi connectivity index (χ1) is 12.7. The van der Waals surface area contributed by atoms with Crippen LogP contribution in [0.5, 0.6) is 0 Å². The molecule has 1 aromatic heterocycles. The van der Waals surface area contributed by atoms with Crippen molar-refractivity contribution in [2.75, 3.05) is 23.3 Å². The predicted octanol–water partition coefficient (Wildman–Crippen LogP) is -0.321. The molecule has 0 amide bonds. The van der Waals surface area contributed by atoms with Crippen LogP contribution in [0.3, 0.4) is 0 Å². The molecule has 0 aliphatic heterocycles. The van der Waals surface area contributed by atoms with E-state index in [1.807, 2.05) is 0 Å². The second-order valence-corrected chi connectivity index (χ2v) is 4.61. The Morgan fingerprint density at radius 2 is 1.30 bits per heavy atom. The number of nitrogen functional groups attached to an aromatic ring is 2. The summed E-state index contributed by atoms with van der Waals surface area (Å²) in [6, 6.07) is 0. The van der Waals surface area contributed by atoms with Crippen LogP contribution in [0.15, 0.2) is 38.0 Å². The summed E-state index contributed by atoms with van der Waals surface area (Å²) < 4.78 is 14.8. The highest BCUT2D eigenvalue weighted by Gasteiger charge is 2.42. The van der Waals surface area contributed by atoms with Crippen LogP contribution in [0, 0.1) is 0 Å². The van der Waals surface area contributed by atoms with E-state index in [2.05, 4.69) is 40.0 Å². The van der Waals surface area contributed by atoms with E-state index in [9.17, 15) is 14.4 Å². The molecule has 0 unspecified atom stereocenters. The van der Waals surface area contributed by atoms with E-state index in [0.717, 1.165) is 18.2 Å². The lowest BCUT2D eigenvalue weighted by atomic mass is 10.3. The maximum atomic E-state index is 11.6. The van der Waals surface area contributed by atoms with Crippen LogP contribution in [-0.4, -0.2) is 45.4 Å². The molecular formula is C15H18N6O6. The summed E-state index contributed by atoms with van der Waals surface area (Å²) in [7, 11) is 0. The zero-order valence-corrected chi connectivity index (χ0v) is 14.2. The number of ether oxygens (including phenoxy) is 3. The van der Waals surface area contributed by atoms with Gasteiger partial charge in [0, 0.05) is 24.8 Å². The number of carbonyl (C=O) groups excluding carboxylic acids is 3. The first-order valence-electron chi connectivity index (χ1n) is 7.30. The van der Waals surface area contributed by atoms with Crippen molar-refractivity contribution in [1.82, 2.24) is 15.0 Å². The van der Waals surface area contributed by atoms with Gasteiger partial charge in [0.1, 0.15) is 0 Å². The van der Waals surface area contributed by atoms with Gasteiger partial charge in [-0.3, -0.25) is 0 Å². The van der Waals surface area contributed by atoms with Gasteiger partial charge in [0.15, 0.2) is 0 Å². The smallest absolute Gasteiger partial charge is 0.385 e. The zero-order chi connectivity index (χ0) is 20.4. The molecule has 0 aliphatic carbocycles. The molecule has 0 radical (unpaired) electrons. The Labute approximate surface area is 153 Å². The fraction of sp³-hybridized carbons (Fsp3) is 0.200. The van der Waals surface area contributed by atoms with Crippen molar-refractivity contribution in [3.05, 3.63) is 38.0 Å². The molecule has 0 saturated carbocycles. The van der Waals surface area contributed by atoms with Crippen molar-refractivity contribution in [2.45, 2.75) is 12.4 Å². The molecule has 1 rings (SSSR count). The monoisotopic (exact) mass is 378 g/mol. The van der Waals surface area contributed by atoms with Crippen LogP contribution in [0.4, 0.5) is 17.8 Å². The van der Waals surface area contributed by atoms with Crippen molar-refractivity contribution >= 4 is 35.8 Å². The van der Waals surface area contributed by atoms with Gasteiger partial charge in [0.05, 0.1) is 6.42 Å². The number of hydrogen-bond donors (Lipinski definition) is 3. The van der Waals surface area contributed by atoms with Gasteiger partial charge < -0.3 is 31.0 Å². The third kappa shape index (κ3) is 6.81. The minimum Gasteiger partial charge on any atom is -0.385 e. The Morgan fingerprint density at radius 1 is 0.889 bits per heavy atom. The summed E-state index contributed by atoms with van der Waals surface area (Å²) >= 11 is 0. The molecule has 12 nitrogen and oxygen atoms in total. The molecule has 0 bridgehead atoms. The Morgan fingerprint density at radius 3 is 1.67 bits per heavy atom. The van der Waals surface area contributed by atoms with E-state index in [-0.39, 0.29) is 30.8 Å². The Hall–Kier alpha value is -3.96. The fourth-order valence-electron chi connectivity index (χ4n) is 1.62. The second kappa shape index (κ2) is 9.50. The molecule has 0 saturated heterocycles. The quantitative estimate of drug-likeness (QED) is 0.274. The first kappa shape index (κ1) is 21.1. The number of nitrogens with two attached hydrogens (primary N) is 2. The number of nitrogens with zero attached hydrogens (tertiary/aromatic N) is 3. The summed E-state index contributed by atoms with van der Waals surface area (Å²) in [5, 5.41) is 2.68. The van der Waals surface area contributed by atoms with Crippen LogP contribution >= 0.6 is 0 Å². The molecule has 12 heteroatoms. The van der Waals surface area contributed by atoms with Crippen molar-refractivity contribution < 1.29 is 28.6 Å². The average molecular weight is 378 g/mol. The topological polar surface area (TPSA) is 182 Å². The number of carbonyl (C=O) groups is 3. The highest BCUT2D eigenvalue weighted by Crippen LogP contribution is 2.22. The molecule has 0 aromatic carbocycles. The largest absolute Gasteiger partial charge is 0.425 e. The summed E-state index contributed by atoms with van der Waals surface area (Å²) in [5.74, 6) is -5.74. The molecule has 0 aliphatic rings. The van der Waals surface area contributed by atoms with Gasteiger partial charge in [-0.2, -0.15) is 15.0 Å². The SMILES string of the molecule is C=CC(=O)OC(CCNc1nc(N)nc(N)n1)(OC(=O)C=C)OC(=O)C=C. The molecule has 0 spiro atoms. The van der Waals surface area contributed by atoms with E-state index in [1.165, 1.54) is 0 Å². The maximum absolute atomic E-state index is 11.6. The lowest BCUT2D eigenvalue weighted by molar-refractivity contribution is -0.325. The normalized spacial score (nSPS) is 10.2. The Balaban J connectivity index is 3.04. The van der Waals surface area contributed by atoms with Gasteiger partial charge in [-0.25, -0.2) is 14.4 Å². The first-order valence-corrected chi connectivity index (χ1v) is 7.30. The van der Waals surface area contributed by atoms with Gasteiger partial charge in [-0.05, 0) is 0 Å². The van der Waals surface area contributed by atoms with Crippen LogP contribution in [0.2, 0.25) is 0 Å². The van der Waals surface area contributed by atoms with Crippen molar-refractivity contribution in [3.8, 4) is 0 Å². The van der Waals surface area contributed by atoms with E-state index in [0.29, 0.717) is 0 Å². The predicted molar refractivity (Wildman–Crippen MR) is 93.4 cm³/mol. The molecule has 5 N–H and O–H groups in total. The number of nitrogens with one attached hydrogen (secondary N) is 1. The van der Waals surface area contributed by atoms with Crippen LogP contribution in [0.25, 0.3) is 0 Å². The fourth-order valence-corrected chi connectivity index (χ4v) is 1.62. The molecule has 144 valence electrons. The number of aromatic nitrogens is 3. The van der Waals surface area contributed by atoms with Crippen LogP contribution < -0.4 is 16.8 Å². The summed E-state index contributed by atoms with van der Waals surface area (Å²) in [5.41, 5.74) is 10.9. The van der Waals surface area contributed by atoms with Crippen molar-refractivity contribution in [2.24, 2.45) is 0 Å². The number of rotatable bonds is 10. The Bertz CT molecular complexity index is 690. The minimum absolute atomic E-state index is 0.00552. The maximum Gasteiger partial charge on any atom is 0.425 e. The Kier molecular flexibility index (Phi) is 7.42. The zero-order valence-electron chi connectivity index (χ0n) is 14.2. The molecule has 1 aromatic rings. The lowest BCUT2D eigenvalue weighted by Gasteiger charge is -2.30.